The molecule has 0 aliphatic rings. The molecule has 4 heteroatoms. The second-order valence-electron chi connectivity index (χ2n) is 3.34. The van der Waals surface area contributed by atoms with E-state index in [-0.39, 0.29) is 5.41 Å². The van der Waals surface area contributed by atoms with Crippen molar-refractivity contribution in [3.63, 3.8) is 0 Å². The van der Waals surface area contributed by atoms with Crippen molar-refractivity contribution in [1.82, 2.24) is 10.9 Å². The summed E-state index contributed by atoms with van der Waals surface area (Å²) in [6.07, 6.45) is -1.05. The Morgan fingerprint density at radius 1 is 1.50 bits per heavy atom. The molecule has 0 radical (unpaired) electrons. The lowest BCUT2D eigenvalue weighted by Crippen LogP contribution is -2.41. The van der Waals surface area contributed by atoms with E-state index in [0.29, 0.717) is 6.54 Å². The summed E-state index contributed by atoms with van der Waals surface area (Å²) in [5.41, 5.74) is 4.74. The number of nitrogens with one attached hydrogen (secondary N) is 2. The molecular formula is C6H14N2O2. The minimum Gasteiger partial charge on any atom is -0.464 e. The maximum absolute atomic E-state index is 9.91. The fraction of sp³-hybridized carbons (Fsp3) is 0.833. The number of hydrogen-bond donors (Lipinski definition) is 3. The van der Waals surface area contributed by atoms with E-state index in [1.165, 1.54) is 0 Å². The molecule has 0 aromatic heterocycles. The Morgan fingerprint density at radius 3 is 2.30 bits per heavy atom. The smallest absolute Gasteiger partial charge is 0.419 e. The molecular weight excluding hydrogens is 132 g/mol. The minimum atomic E-state index is -1.05. The molecule has 0 rings (SSSR count). The molecule has 60 valence electrons. The summed E-state index contributed by atoms with van der Waals surface area (Å²) in [5, 5.41) is 8.14. The highest BCUT2D eigenvalue weighted by molar-refractivity contribution is 5.63. The van der Waals surface area contributed by atoms with Gasteiger partial charge in [0.05, 0.1) is 0 Å². The van der Waals surface area contributed by atoms with E-state index in [2.05, 4.69) is 10.9 Å². The highest BCUT2D eigenvalue weighted by Gasteiger charge is 2.08. The lowest BCUT2D eigenvalue weighted by molar-refractivity contribution is 0.186. The summed E-state index contributed by atoms with van der Waals surface area (Å²) in [6, 6.07) is 0. The van der Waals surface area contributed by atoms with E-state index < -0.39 is 6.09 Å². The average molecular weight is 146 g/mol. The van der Waals surface area contributed by atoms with Gasteiger partial charge in [0.25, 0.3) is 0 Å². The van der Waals surface area contributed by atoms with Gasteiger partial charge in [-0.05, 0) is 5.41 Å². The monoisotopic (exact) mass is 146 g/mol. The Labute approximate surface area is 60.6 Å². The van der Waals surface area contributed by atoms with Gasteiger partial charge in [-0.15, -0.1) is 0 Å². The van der Waals surface area contributed by atoms with E-state index >= 15 is 0 Å². The van der Waals surface area contributed by atoms with E-state index in [1.807, 2.05) is 20.8 Å². The van der Waals surface area contributed by atoms with Gasteiger partial charge in [-0.1, -0.05) is 20.8 Å². The third-order valence-electron chi connectivity index (χ3n) is 0.814. The Morgan fingerprint density at radius 2 is 2.00 bits per heavy atom. The quantitative estimate of drug-likeness (QED) is 0.505. The lowest BCUT2D eigenvalue weighted by Gasteiger charge is -2.17. The zero-order chi connectivity index (χ0) is 8.20. The molecule has 10 heavy (non-hydrogen) atoms. The number of carbonyl (C=O) groups is 1. The highest BCUT2D eigenvalue weighted by Crippen LogP contribution is 2.09. The predicted octanol–water partition coefficient (Wildman–Crippen LogP) is 0.805. The number of carboxylic acid groups (broad SMARTS) is 1. The van der Waals surface area contributed by atoms with E-state index in [0.717, 1.165) is 0 Å². The summed E-state index contributed by atoms with van der Waals surface area (Å²) in [7, 11) is 0. The van der Waals surface area contributed by atoms with Crippen molar-refractivity contribution in [3.05, 3.63) is 0 Å². The first-order valence-corrected chi connectivity index (χ1v) is 3.13. The van der Waals surface area contributed by atoms with Gasteiger partial charge in [-0.25, -0.2) is 10.2 Å². The standard InChI is InChI=1S/C6H14N2O2/c1-6(2,3)4-7-8-5(9)10/h7-8H,4H2,1-3H3,(H,9,10). The number of hydrazine groups is 1. The second-order valence-corrected chi connectivity index (χ2v) is 3.34. The van der Waals surface area contributed by atoms with Gasteiger partial charge in [0.2, 0.25) is 0 Å². The average Bonchev–Trinajstić information content (AvgIpc) is 1.59. The van der Waals surface area contributed by atoms with Crippen LogP contribution in [-0.4, -0.2) is 17.7 Å². The predicted molar refractivity (Wildman–Crippen MR) is 38.6 cm³/mol. The molecule has 0 spiro atoms. The second kappa shape index (κ2) is 3.41. The molecule has 4 nitrogen and oxygen atoms in total. The Balaban J connectivity index is 3.29. The first kappa shape index (κ1) is 9.23. The molecule has 3 N–H and O–H groups in total. The Hall–Kier alpha value is -0.770. The van der Waals surface area contributed by atoms with Crippen LogP contribution in [0.2, 0.25) is 0 Å². The van der Waals surface area contributed by atoms with Crippen LogP contribution in [0.1, 0.15) is 20.8 Å². The summed E-state index contributed by atoms with van der Waals surface area (Å²) in [4.78, 5) is 9.91. The normalized spacial score (nSPS) is 11.1. The van der Waals surface area contributed by atoms with Crippen LogP contribution in [0.3, 0.4) is 0 Å². The molecule has 0 atom stereocenters. The van der Waals surface area contributed by atoms with Crippen molar-refractivity contribution in [1.29, 1.82) is 0 Å². The van der Waals surface area contributed by atoms with E-state index in [4.69, 9.17) is 5.11 Å². The van der Waals surface area contributed by atoms with Crippen molar-refractivity contribution in [2.75, 3.05) is 6.54 Å². The molecule has 0 aromatic carbocycles. The molecule has 0 unspecified atom stereocenters. The molecule has 0 saturated heterocycles. The fourth-order valence-electron chi connectivity index (χ4n) is 0.385. The number of amides is 1. The van der Waals surface area contributed by atoms with Gasteiger partial charge in [-0.2, -0.15) is 0 Å². The molecule has 0 aliphatic carbocycles. The van der Waals surface area contributed by atoms with Crippen molar-refractivity contribution in [2.24, 2.45) is 5.41 Å². The number of rotatable bonds is 2. The van der Waals surface area contributed by atoms with Crippen LogP contribution in [0.15, 0.2) is 0 Å². The van der Waals surface area contributed by atoms with Gasteiger partial charge in [-0.3, -0.25) is 5.43 Å². The lowest BCUT2D eigenvalue weighted by atomic mass is 9.98. The Bertz CT molecular complexity index is 117. The minimum absolute atomic E-state index is 0.0997. The molecule has 0 bridgehead atoms. The SMILES string of the molecule is CC(C)(C)CNNC(=O)O. The van der Waals surface area contributed by atoms with Gasteiger partial charge in [0.15, 0.2) is 0 Å². The van der Waals surface area contributed by atoms with Crippen LogP contribution in [-0.2, 0) is 0 Å². The van der Waals surface area contributed by atoms with Crippen LogP contribution in [0.5, 0.6) is 0 Å². The third-order valence-corrected chi connectivity index (χ3v) is 0.814. The summed E-state index contributed by atoms with van der Waals surface area (Å²) >= 11 is 0. The molecule has 0 aromatic rings. The maximum Gasteiger partial charge on any atom is 0.419 e. The molecule has 0 heterocycles. The van der Waals surface area contributed by atoms with Crippen LogP contribution >= 0.6 is 0 Å². The molecule has 1 amide bonds. The van der Waals surface area contributed by atoms with Crippen molar-refractivity contribution >= 4 is 6.09 Å². The zero-order valence-electron chi connectivity index (χ0n) is 6.56. The molecule has 0 fully saturated rings. The van der Waals surface area contributed by atoms with Crippen LogP contribution in [0.4, 0.5) is 4.79 Å². The number of hydrogen-bond acceptors (Lipinski definition) is 2. The van der Waals surface area contributed by atoms with Gasteiger partial charge < -0.3 is 5.11 Å². The van der Waals surface area contributed by atoms with E-state index in [9.17, 15) is 4.79 Å². The van der Waals surface area contributed by atoms with Crippen molar-refractivity contribution in [3.8, 4) is 0 Å². The summed E-state index contributed by atoms with van der Waals surface area (Å²) < 4.78 is 0. The van der Waals surface area contributed by atoms with Gasteiger partial charge in [0, 0.05) is 6.54 Å². The van der Waals surface area contributed by atoms with E-state index in [1.54, 1.807) is 0 Å². The summed E-state index contributed by atoms with van der Waals surface area (Å²) in [6.45, 7) is 6.68. The molecule has 0 aliphatic heterocycles. The highest BCUT2D eigenvalue weighted by atomic mass is 16.4. The maximum atomic E-state index is 9.91. The van der Waals surface area contributed by atoms with Crippen LogP contribution in [0, 0.1) is 5.41 Å². The first-order chi connectivity index (χ1) is 4.42. The van der Waals surface area contributed by atoms with Crippen molar-refractivity contribution in [2.45, 2.75) is 20.8 Å². The van der Waals surface area contributed by atoms with Crippen molar-refractivity contribution < 1.29 is 9.90 Å². The van der Waals surface area contributed by atoms with Gasteiger partial charge >= 0.3 is 6.09 Å². The van der Waals surface area contributed by atoms with Crippen LogP contribution in [0.25, 0.3) is 0 Å². The largest absolute Gasteiger partial charge is 0.464 e. The van der Waals surface area contributed by atoms with Crippen LogP contribution < -0.4 is 10.9 Å². The topological polar surface area (TPSA) is 61.4 Å². The Kier molecular flexibility index (Phi) is 3.15. The first-order valence-electron chi connectivity index (χ1n) is 3.13. The molecule has 0 saturated carbocycles. The fourth-order valence-corrected chi connectivity index (χ4v) is 0.385. The van der Waals surface area contributed by atoms with Gasteiger partial charge in [0.1, 0.15) is 0 Å². The summed E-state index contributed by atoms with van der Waals surface area (Å²) in [5.74, 6) is 0. The zero-order valence-corrected chi connectivity index (χ0v) is 6.56. The third kappa shape index (κ3) is 7.23.